The van der Waals surface area contributed by atoms with E-state index < -0.39 is 0 Å². The van der Waals surface area contributed by atoms with E-state index in [9.17, 15) is 4.79 Å². The van der Waals surface area contributed by atoms with Crippen molar-refractivity contribution in [1.82, 2.24) is 15.2 Å². The molecule has 144 valence electrons. The normalized spacial score (nSPS) is 16.2. The van der Waals surface area contributed by atoms with Gasteiger partial charge in [0.1, 0.15) is 5.82 Å². The number of unbranched alkanes of at least 4 members (excludes halogenated alkanes) is 1. The zero-order chi connectivity index (χ0) is 19.1. The molecule has 1 aromatic carbocycles. The molecule has 0 atom stereocenters. The second-order valence-corrected chi connectivity index (χ2v) is 7.75. The lowest BCUT2D eigenvalue weighted by molar-refractivity contribution is 0.123. The molecule has 0 aliphatic carbocycles. The molecular formula is C22H30N4O. The number of nitrogens with zero attached hydrogens (tertiary/aromatic N) is 3. The molecule has 0 saturated carbocycles. The zero-order valence-electron chi connectivity index (χ0n) is 16.4. The number of rotatable bonds is 6. The van der Waals surface area contributed by atoms with Crippen LogP contribution in [-0.2, 0) is 6.42 Å². The van der Waals surface area contributed by atoms with Crippen molar-refractivity contribution >= 4 is 11.8 Å². The number of nitrogens with one attached hydrogen (secondary N) is 1. The maximum atomic E-state index is 12.7. The Morgan fingerprint density at radius 2 is 1.85 bits per heavy atom. The van der Waals surface area contributed by atoms with Gasteiger partial charge in [0, 0.05) is 32.4 Å². The summed E-state index contributed by atoms with van der Waals surface area (Å²) in [6.45, 7) is 7.27. The molecule has 2 heterocycles. The second-order valence-electron chi connectivity index (χ2n) is 7.75. The van der Waals surface area contributed by atoms with Gasteiger partial charge in [-0.3, -0.25) is 0 Å². The summed E-state index contributed by atoms with van der Waals surface area (Å²) in [4.78, 5) is 21.3. The number of aryl methyl sites for hydroxylation is 1. The molecule has 2 amide bonds. The van der Waals surface area contributed by atoms with E-state index in [-0.39, 0.29) is 11.6 Å². The lowest BCUT2D eigenvalue weighted by atomic mass is 9.99. The fourth-order valence-corrected chi connectivity index (χ4v) is 3.66. The van der Waals surface area contributed by atoms with Crippen LogP contribution in [0.4, 0.5) is 10.6 Å². The summed E-state index contributed by atoms with van der Waals surface area (Å²) in [6, 6.07) is 16.5. The number of aromatic nitrogens is 1. The second kappa shape index (κ2) is 8.89. The number of hydrogen-bond acceptors (Lipinski definition) is 3. The predicted molar refractivity (Wildman–Crippen MR) is 110 cm³/mol. The zero-order valence-corrected chi connectivity index (χ0v) is 16.4. The summed E-state index contributed by atoms with van der Waals surface area (Å²) in [5.41, 5.74) is 1.12. The molecule has 0 unspecified atom stereocenters. The molecule has 1 aromatic heterocycles. The van der Waals surface area contributed by atoms with Gasteiger partial charge in [-0.15, -0.1) is 0 Å². The molecule has 1 saturated heterocycles. The third kappa shape index (κ3) is 5.22. The van der Waals surface area contributed by atoms with Crippen LogP contribution in [0.2, 0.25) is 0 Å². The average molecular weight is 367 g/mol. The Morgan fingerprint density at radius 1 is 1.07 bits per heavy atom. The summed E-state index contributed by atoms with van der Waals surface area (Å²) >= 11 is 0. The summed E-state index contributed by atoms with van der Waals surface area (Å²) in [6.07, 6.45) is 4.96. The highest BCUT2D eigenvalue weighted by atomic mass is 16.2. The first kappa shape index (κ1) is 19.2. The summed E-state index contributed by atoms with van der Waals surface area (Å²) < 4.78 is 0. The molecule has 1 aliphatic heterocycles. The molecule has 1 fully saturated rings. The van der Waals surface area contributed by atoms with Gasteiger partial charge in [0.05, 0.1) is 5.54 Å². The third-order valence-corrected chi connectivity index (χ3v) is 5.13. The minimum absolute atomic E-state index is 0.0420. The Labute approximate surface area is 162 Å². The lowest BCUT2D eigenvalue weighted by Crippen LogP contribution is -2.63. The van der Waals surface area contributed by atoms with Gasteiger partial charge < -0.3 is 15.1 Å². The van der Waals surface area contributed by atoms with Gasteiger partial charge in [-0.1, -0.05) is 36.4 Å². The standard InChI is InChI=1S/C22H30N4O/c1-22(2)18-25(20-13-7-9-14-23-20)16-17-26(22)21(27)24-15-8-6-12-19-10-4-3-5-11-19/h3-5,7,9-11,13-14H,6,8,12,15-18H2,1-2H3,(H,24,27). The van der Waals surface area contributed by atoms with Crippen LogP contribution in [0, 0.1) is 0 Å². The van der Waals surface area contributed by atoms with Gasteiger partial charge in [-0.2, -0.15) is 0 Å². The number of hydrogen-bond donors (Lipinski definition) is 1. The van der Waals surface area contributed by atoms with E-state index in [4.69, 9.17) is 0 Å². The molecule has 1 N–H and O–H groups in total. The van der Waals surface area contributed by atoms with Crippen molar-refractivity contribution in [2.75, 3.05) is 31.1 Å². The number of carbonyl (C=O) groups is 1. The quantitative estimate of drug-likeness (QED) is 0.793. The Bertz CT molecular complexity index is 718. The van der Waals surface area contributed by atoms with Crippen LogP contribution in [0.5, 0.6) is 0 Å². The highest BCUT2D eigenvalue weighted by molar-refractivity contribution is 5.75. The largest absolute Gasteiger partial charge is 0.353 e. The van der Waals surface area contributed by atoms with Gasteiger partial charge in [-0.25, -0.2) is 9.78 Å². The molecule has 2 aromatic rings. The maximum Gasteiger partial charge on any atom is 0.317 e. The van der Waals surface area contributed by atoms with Crippen molar-refractivity contribution in [2.45, 2.75) is 38.6 Å². The summed E-state index contributed by atoms with van der Waals surface area (Å²) in [5, 5.41) is 3.10. The van der Waals surface area contributed by atoms with E-state index >= 15 is 0 Å². The Morgan fingerprint density at radius 3 is 2.56 bits per heavy atom. The SMILES string of the molecule is CC1(C)CN(c2ccccn2)CCN1C(=O)NCCCCc1ccccc1. The van der Waals surface area contributed by atoms with E-state index in [2.05, 4.69) is 53.3 Å². The van der Waals surface area contributed by atoms with Crippen molar-refractivity contribution in [3.05, 3.63) is 60.3 Å². The van der Waals surface area contributed by atoms with Crippen LogP contribution in [0.15, 0.2) is 54.7 Å². The highest BCUT2D eigenvalue weighted by Crippen LogP contribution is 2.24. The van der Waals surface area contributed by atoms with E-state index in [0.717, 1.165) is 44.7 Å². The van der Waals surface area contributed by atoms with E-state index in [1.807, 2.05) is 35.4 Å². The fourth-order valence-electron chi connectivity index (χ4n) is 3.66. The number of carbonyl (C=O) groups excluding carboxylic acids is 1. The number of pyridine rings is 1. The molecule has 5 nitrogen and oxygen atoms in total. The van der Waals surface area contributed by atoms with Crippen LogP contribution in [0.25, 0.3) is 0 Å². The van der Waals surface area contributed by atoms with Crippen LogP contribution in [0.1, 0.15) is 32.3 Å². The van der Waals surface area contributed by atoms with E-state index in [0.29, 0.717) is 6.54 Å². The highest BCUT2D eigenvalue weighted by Gasteiger charge is 2.37. The number of anilines is 1. The molecule has 1 aliphatic rings. The number of amides is 2. The van der Waals surface area contributed by atoms with E-state index in [1.54, 1.807) is 0 Å². The number of piperazine rings is 1. The van der Waals surface area contributed by atoms with Gasteiger partial charge in [-0.05, 0) is 50.8 Å². The van der Waals surface area contributed by atoms with E-state index in [1.165, 1.54) is 5.56 Å². The molecule has 0 spiro atoms. The first-order valence-electron chi connectivity index (χ1n) is 9.82. The molecule has 3 rings (SSSR count). The van der Waals surface area contributed by atoms with Crippen molar-refractivity contribution < 1.29 is 4.79 Å². The predicted octanol–water partition coefficient (Wildman–Crippen LogP) is 3.71. The fraction of sp³-hybridized carbons (Fsp3) is 0.455. The maximum absolute atomic E-state index is 12.7. The Hall–Kier alpha value is -2.56. The number of benzene rings is 1. The van der Waals surface area contributed by atoms with Crippen molar-refractivity contribution in [3.63, 3.8) is 0 Å². The molecule has 27 heavy (non-hydrogen) atoms. The van der Waals surface area contributed by atoms with Crippen LogP contribution in [0.3, 0.4) is 0 Å². The Balaban J connectivity index is 1.43. The van der Waals surface area contributed by atoms with Crippen molar-refractivity contribution in [2.24, 2.45) is 0 Å². The van der Waals surface area contributed by atoms with Gasteiger partial charge in [0.2, 0.25) is 0 Å². The molecule has 0 bridgehead atoms. The van der Waals surface area contributed by atoms with Gasteiger partial charge in [0.15, 0.2) is 0 Å². The van der Waals surface area contributed by atoms with Crippen molar-refractivity contribution in [3.8, 4) is 0 Å². The summed E-state index contributed by atoms with van der Waals surface area (Å²) in [5.74, 6) is 0.978. The number of urea groups is 1. The average Bonchev–Trinajstić information content (AvgIpc) is 2.68. The first-order chi connectivity index (χ1) is 13.1. The lowest BCUT2D eigenvalue weighted by Gasteiger charge is -2.47. The molecule has 5 heteroatoms. The van der Waals surface area contributed by atoms with Gasteiger partial charge in [0.25, 0.3) is 0 Å². The minimum atomic E-state index is -0.232. The minimum Gasteiger partial charge on any atom is -0.353 e. The van der Waals surface area contributed by atoms with Gasteiger partial charge >= 0.3 is 6.03 Å². The molecular weight excluding hydrogens is 336 g/mol. The summed E-state index contributed by atoms with van der Waals surface area (Å²) in [7, 11) is 0. The van der Waals surface area contributed by atoms with Crippen LogP contribution in [-0.4, -0.2) is 47.6 Å². The first-order valence-corrected chi connectivity index (χ1v) is 9.82. The smallest absolute Gasteiger partial charge is 0.317 e. The van der Waals surface area contributed by atoms with Crippen LogP contribution < -0.4 is 10.2 Å². The molecule has 0 radical (unpaired) electrons. The monoisotopic (exact) mass is 366 g/mol. The van der Waals surface area contributed by atoms with Crippen molar-refractivity contribution in [1.29, 1.82) is 0 Å². The Kier molecular flexibility index (Phi) is 6.32. The third-order valence-electron chi connectivity index (χ3n) is 5.13. The van der Waals surface area contributed by atoms with Crippen LogP contribution >= 0.6 is 0 Å². The topological polar surface area (TPSA) is 48.5 Å².